The molecule has 0 radical (unpaired) electrons. The number of hydrogen-bond acceptors (Lipinski definition) is 5. The maximum Gasteiger partial charge on any atom is 0.306 e. The van der Waals surface area contributed by atoms with E-state index in [-0.39, 0.29) is 18.5 Å². The van der Waals surface area contributed by atoms with E-state index < -0.39 is 6.10 Å². The Kier molecular flexibility index (Phi) is 20.5. The summed E-state index contributed by atoms with van der Waals surface area (Å²) in [5, 5.41) is 0. The molecule has 0 aliphatic heterocycles. The quantitative estimate of drug-likeness (QED) is 0.137. The van der Waals surface area contributed by atoms with Gasteiger partial charge in [0, 0.05) is 18.6 Å². The molecule has 4 nitrogen and oxygen atoms in total. The maximum absolute atomic E-state index is 11.8. The van der Waals surface area contributed by atoms with Crippen LogP contribution in [-0.4, -0.2) is 30.4 Å². The molecule has 0 N–H and O–H groups in total. The summed E-state index contributed by atoms with van der Waals surface area (Å²) in [6.45, 7) is 4.49. The number of unbranched alkanes of at least 4 members (excludes halogenated alkanes) is 12. The average molecular weight is 417 g/mol. The fourth-order valence-corrected chi connectivity index (χ4v) is 3.26. The lowest BCUT2D eigenvalue weighted by Gasteiger charge is -2.16. The van der Waals surface area contributed by atoms with Crippen molar-refractivity contribution < 1.29 is 19.1 Å². The van der Waals surface area contributed by atoms with Gasteiger partial charge in [0.25, 0.3) is 0 Å². The molecule has 0 bridgehead atoms. The standard InChI is InChI=1S/C23H44O4S/c1-3-5-7-9-10-11-12-13-14-16-17-22(24)26-19-21(20-28)27-23(25)18-15-8-6-4-2/h21,28H,3-20H2,1-2H3/t21-/m1/s1. The van der Waals surface area contributed by atoms with Gasteiger partial charge in [-0.3, -0.25) is 9.59 Å². The van der Waals surface area contributed by atoms with Crippen LogP contribution in [0.4, 0.5) is 0 Å². The zero-order valence-electron chi connectivity index (χ0n) is 18.4. The van der Waals surface area contributed by atoms with E-state index in [0.717, 1.165) is 38.5 Å². The Morgan fingerprint density at radius 1 is 0.679 bits per heavy atom. The molecule has 0 unspecified atom stereocenters. The van der Waals surface area contributed by atoms with Gasteiger partial charge in [-0.15, -0.1) is 0 Å². The van der Waals surface area contributed by atoms with Crippen LogP contribution in [0.3, 0.4) is 0 Å². The van der Waals surface area contributed by atoms with Crippen LogP contribution in [0.2, 0.25) is 0 Å². The van der Waals surface area contributed by atoms with E-state index in [9.17, 15) is 9.59 Å². The molecule has 0 spiro atoms. The van der Waals surface area contributed by atoms with Gasteiger partial charge in [0.15, 0.2) is 0 Å². The first kappa shape index (κ1) is 27.3. The highest BCUT2D eigenvalue weighted by Gasteiger charge is 2.15. The molecule has 0 fully saturated rings. The van der Waals surface area contributed by atoms with Crippen molar-refractivity contribution in [3.63, 3.8) is 0 Å². The van der Waals surface area contributed by atoms with E-state index in [4.69, 9.17) is 9.47 Å². The van der Waals surface area contributed by atoms with Crippen LogP contribution in [0.25, 0.3) is 0 Å². The van der Waals surface area contributed by atoms with E-state index in [1.54, 1.807) is 0 Å². The molecule has 0 aromatic heterocycles. The second-order valence-electron chi connectivity index (χ2n) is 7.72. The van der Waals surface area contributed by atoms with Crippen LogP contribution >= 0.6 is 12.6 Å². The molecule has 0 aromatic rings. The van der Waals surface area contributed by atoms with E-state index in [2.05, 4.69) is 26.5 Å². The molecular formula is C23H44O4S. The lowest BCUT2D eigenvalue weighted by Crippen LogP contribution is -2.26. The normalized spacial score (nSPS) is 12.0. The third-order valence-corrected chi connectivity index (χ3v) is 5.31. The molecular weight excluding hydrogens is 372 g/mol. The first-order valence-corrected chi connectivity index (χ1v) is 12.2. The summed E-state index contributed by atoms with van der Waals surface area (Å²) in [5.74, 6) is -0.0575. The van der Waals surface area contributed by atoms with E-state index in [1.165, 1.54) is 51.4 Å². The van der Waals surface area contributed by atoms with E-state index in [1.807, 2.05) is 0 Å². The van der Waals surface area contributed by atoms with Crippen molar-refractivity contribution in [2.45, 2.75) is 123 Å². The van der Waals surface area contributed by atoms with E-state index >= 15 is 0 Å². The Hall–Kier alpha value is -0.710. The number of thiol groups is 1. The van der Waals surface area contributed by atoms with Crippen molar-refractivity contribution >= 4 is 24.6 Å². The van der Waals surface area contributed by atoms with Crippen molar-refractivity contribution in [2.75, 3.05) is 12.4 Å². The molecule has 0 amide bonds. The predicted octanol–water partition coefficient (Wildman–Crippen LogP) is 6.65. The molecule has 166 valence electrons. The van der Waals surface area contributed by atoms with Gasteiger partial charge in [-0.1, -0.05) is 90.9 Å². The third-order valence-electron chi connectivity index (χ3n) is 4.90. The Morgan fingerprint density at radius 2 is 1.11 bits per heavy atom. The van der Waals surface area contributed by atoms with Gasteiger partial charge in [-0.2, -0.15) is 12.6 Å². The Morgan fingerprint density at radius 3 is 1.61 bits per heavy atom. The molecule has 0 aromatic carbocycles. The first-order chi connectivity index (χ1) is 13.6. The van der Waals surface area contributed by atoms with Gasteiger partial charge in [0.05, 0.1) is 0 Å². The van der Waals surface area contributed by atoms with E-state index in [0.29, 0.717) is 18.6 Å². The minimum Gasteiger partial charge on any atom is -0.462 e. The molecule has 5 heteroatoms. The molecule has 0 saturated heterocycles. The minimum atomic E-state index is -0.446. The highest BCUT2D eigenvalue weighted by molar-refractivity contribution is 7.80. The number of carbonyl (C=O) groups excluding carboxylic acids is 2. The van der Waals surface area contributed by atoms with Crippen LogP contribution in [0.15, 0.2) is 0 Å². The zero-order chi connectivity index (χ0) is 20.9. The Labute approximate surface area is 178 Å². The summed E-state index contributed by atoms with van der Waals surface area (Å²) in [6, 6.07) is 0. The zero-order valence-corrected chi connectivity index (χ0v) is 19.3. The summed E-state index contributed by atoms with van der Waals surface area (Å²) in [6.07, 6.45) is 17.0. The maximum atomic E-state index is 11.8. The van der Waals surface area contributed by atoms with Gasteiger partial charge in [0.2, 0.25) is 0 Å². The Bertz CT molecular complexity index is 374. The lowest BCUT2D eigenvalue weighted by molar-refractivity contribution is -0.157. The van der Waals surface area contributed by atoms with Crippen molar-refractivity contribution in [3.05, 3.63) is 0 Å². The highest BCUT2D eigenvalue weighted by Crippen LogP contribution is 2.12. The molecule has 0 aliphatic rings. The summed E-state index contributed by atoms with van der Waals surface area (Å²) < 4.78 is 10.6. The first-order valence-electron chi connectivity index (χ1n) is 11.6. The summed E-state index contributed by atoms with van der Waals surface area (Å²) >= 11 is 4.19. The number of carbonyl (C=O) groups is 2. The van der Waals surface area contributed by atoms with Gasteiger partial charge < -0.3 is 9.47 Å². The highest BCUT2D eigenvalue weighted by atomic mass is 32.1. The summed E-state index contributed by atoms with van der Waals surface area (Å²) in [5.41, 5.74) is 0. The minimum absolute atomic E-state index is 0.112. The number of hydrogen-bond donors (Lipinski definition) is 1. The van der Waals surface area contributed by atoms with Crippen LogP contribution < -0.4 is 0 Å². The summed E-state index contributed by atoms with van der Waals surface area (Å²) in [7, 11) is 0. The van der Waals surface area contributed by atoms with Crippen LogP contribution in [0.1, 0.15) is 117 Å². The monoisotopic (exact) mass is 416 g/mol. The van der Waals surface area contributed by atoms with Gasteiger partial charge in [-0.25, -0.2) is 0 Å². The number of esters is 2. The molecule has 1 atom stereocenters. The Balaban J connectivity index is 3.60. The predicted molar refractivity (Wildman–Crippen MR) is 120 cm³/mol. The van der Waals surface area contributed by atoms with Crippen molar-refractivity contribution in [1.29, 1.82) is 0 Å². The molecule has 0 rings (SSSR count). The smallest absolute Gasteiger partial charge is 0.306 e. The van der Waals surface area contributed by atoms with Crippen molar-refractivity contribution in [1.82, 2.24) is 0 Å². The lowest BCUT2D eigenvalue weighted by atomic mass is 10.1. The van der Waals surface area contributed by atoms with Crippen LogP contribution in [0, 0.1) is 0 Å². The third kappa shape index (κ3) is 18.6. The number of ether oxygens (including phenoxy) is 2. The molecule has 0 saturated carbocycles. The molecule has 28 heavy (non-hydrogen) atoms. The molecule has 0 heterocycles. The van der Waals surface area contributed by atoms with Crippen molar-refractivity contribution in [3.8, 4) is 0 Å². The molecule has 0 aliphatic carbocycles. The fourth-order valence-electron chi connectivity index (χ4n) is 3.08. The largest absolute Gasteiger partial charge is 0.462 e. The van der Waals surface area contributed by atoms with Crippen molar-refractivity contribution in [2.24, 2.45) is 0 Å². The average Bonchev–Trinajstić information content (AvgIpc) is 2.69. The van der Waals surface area contributed by atoms with Gasteiger partial charge in [-0.05, 0) is 12.8 Å². The topological polar surface area (TPSA) is 52.6 Å². The second-order valence-corrected chi connectivity index (χ2v) is 8.09. The SMILES string of the molecule is CCCCCCCCCCCCC(=O)OC[C@H](CS)OC(=O)CCCCCC. The van der Waals surface area contributed by atoms with Gasteiger partial charge >= 0.3 is 11.9 Å². The second kappa shape index (κ2) is 21.0. The van der Waals surface area contributed by atoms with Crippen LogP contribution in [-0.2, 0) is 19.1 Å². The summed E-state index contributed by atoms with van der Waals surface area (Å²) in [4.78, 5) is 23.6. The number of rotatable bonds is 20. The van der Waals surface area contributed by atoms with Crippen LogP contribution in [0.5, 0.6) is 0 Å². The van der Waals surface area contributed by atoms with Gasteiger partial charge in [0.1, 0.15) is 12.7 Å². The fraction of sp³-hybridized carbons (Fsp3) is 0.913.